The van der Waals surface area contributed by atoms with Gasteiger partial charge in [-0.1, -0.05) is 13.3 Å². The molecule has 2 fully saturated rings. The van der Waals surface area contributed by atoms with Crippen molar-refractivity contribution in [3.8, 4) is 0 Å². The van der Waals surface area contributed by atoms with Crippen LogP contribution < -0.4 is 0 Å². The highest BCUT2D eigenvalue weighted by molar-refractivity contribution is 4.97. The van der Waals surface area contributed by atoms with Gasteiger partial charge in [0.05, 0.1) is 0 Å². The Morgan fingerprint density at radius 3 is 2.77 bits per heavy atom. The quantitative estimate of drug-likeness (QED) is 0.701. The second-order valence-electron chi connectivity index (χ2n) is 4.71. The lowest BCUT2D eigenvalue weighted by Gasteiger charge is -2.42. The summed E-state index contributed by atoms with van der Waals surface area (Å²) in [7, 11) is 2.23. The van der Waals surface area contributed by atoms with Crippen LogP contribution in [0.5, 0.6) is 0 Å². The molecule has 4 atom stereocenters. The molecule has 13 heavy (non-hydrogen) atoms. The second kappa shape index (κ2) is 3.58. The summed E-state index contributed by atoms with van der Waals surface area (Å²) in [6, 6.07) is 1.49. The number of piperidine rings is 1. The first-order valence-corrected chi connectivity index (χ1v) is 5.60. The van der Waals surface area contributed by atoms with E-state index in [1.807, 2.05) is 0 Å². The molecule has 0 aromatic rings. The average molecular weight is 183 g/mol. The molecule has 0 aromatic carbocycles. The molecule has 2 aliphatic heterocycles. The van der Waals surface area contributed by atoms with Crippen LogP contribution in [-0.2, 0) is 0 Å². The van der Waals surface area contributed by atoms with Gasteiger partial charge in [0.2, 0.25) is 0 Å². The third kappa shape index (κ3) is 1.40. The fraction of sp³-hybridized carbons (Fsp3) is 1.00. The normalized spacial score (nSPS) is 45.5. The maximum Gasteiger partial charge on any atom is 0.0476 e. The van der Waals surface area contributed by atoms with Crippen LogP contribution in [0.4, 0.5) is 0 Å². The van der Waals surface area contributed by atoms with E-state index >= 15 is 0 Å². The van der Waals surface area contributed by atoms with Gasteiger partial charge in [-0.3, -0.25) is 0 Å². The number of nitrogens with zero attached hydrogens (tertiary/aromatic N) is 1. The Hall–Kier alpha value is -0.0800. The lowest BCUT2D eigenvalue weighted by atomic mass is 9.79. The zero-order valence-electron chi connectivity index (χ0n) is 8.74. The second-order valence-corrected chi connectivity index (χ2v) is 4.71. The van der Waals surface area contributed by atoms with Crippen molar-refractivity contribution < 1.29 is 5.11 Å². The Morgan fingerprint density at radius 1 is 1.38 bits per heavy atom. The molecule has 0 spiro atoms. The third-order valence-electron chi connectivity index (χ3n) is 4.30. The van der Waals surface area contributed by atoms with Crippen LogP contribution in [0.15, 0.2) is 0 Å². The van der Waals surface area contributed by atoms with Crippen molar-refractivity contribution in [3.63, 3.8) is 0 Å². The summed E-state index contributed by atoms with van der Waals surface area (Å²) in [5.74, 6) is 1.33. The summed E-state index contributed by atoms with van der Waals surface area (Å²) in [5.41, 5.74) is 0. The molecule has 0 saturated carbocycles. The van der Waals surface area contributed by atoms with Gasteiger partial charge < -0.3 is 10.0 Å². The lowest BCUT2D eigenvalue weighted by molar-refractivity contribution is 0.0294. The van der Waals surface area contributed by atoms with Crippen molar-refractivity contribution >= 4 is 0 Å². The number of fused-ring (bicyclic) bond motifs is 2. The molecule has 2 unspecified atom stereocenters. The van der Waals surface area contributed by atoms with Crippen LogP contribution in [0, 0.1) is 11.8 Å². The fourth-order valence-electron chi connectivity index (χ4n) is 3.42. The van der Waals surface area contributed by atoms with Crippen LogP contribution in [-0.4, -0.2) is 35.7 Å². The molecular formula is C11H21NO. The fourth-order valence-corrected chi connectivity index (χ4v) is 3.42. The van der Waals surface area contributed by atoms with Crippen molar-refractivity contribution in [2.45, 2.75) is 44.7 Å². The van der Waals surface area contributed by atoms with E-state index in [0.29, 0.717) is 18.6 Å². The molecule has 0 aromatic heterocycles. The van der Waals surface area contributed by atoms with Gasteiger partial charge >= 0.3 is 0 Å². The number of aliphatic hydroxyl groups is 1. The smallest absolute Gasteiger partial charge is 0.0476 e. The molecule has 0 aliphatic carbocycles. The number of aliphatic hydroxyl groups excluding tert-OH is 1. The highest BCUT2D eigenvalue weighted by atomic mass is 16.3. The van der Waals surface area contributed by atoms with E-state index in [9.17, 15) is 5.11 Å². The van der Waals surface area contributed by atoms with Gasteiger partial charge in [-0.05, 0) is 32.2 Å². The molecule has 76 valence electrons. The number of rotatable bonds is 2. The van der Waals surface area contributed by atoms with Gasteiger partial charge in [0, 0.05) is 24.6 Å². The van der Waals surface area contributed by atoms with Crippen molar-refractivity contribution in [2.75, 3.05) is 13.7 Å². The zero-order valence-corrected chi connectivity index (χ0v) is 8.74. The van der Waals surface area contributed by atoms with Crippen molar-refractivity contribution in [1.29, 1.82) is 0 Å². The molecule has 0 radical (unpaired) electrons. The van der Waals surface area contributed by atoms with Gasteiger partial charge in [-0.2, -0.15) is 0 Å². The summed E-state index contributed by atoms with van der Waals surface area (Å²) in [6.07, 6.45) is 5.22. The van der Waals surface area contributed by atoms with Gasteiger partial charge in [-0.25, -0.2) is 0 Å². The third-order valence-corrected chi connectivity index (χ3v) is 4.30. The van der Waals surface area contributed by atoms with Gasteiger partial charge in [0.1, 0.15) is 0 Å². The van der Waals surface area contributed by atoms with Crippen LogP contribution in [0.1, 0.15) is 32.6 Å². The highest BCUT2D eigenvalue weighted by Gasteiger charge is 2.44. The van der Waals surface area contributed by atoms with Gasteiger partial charge in [0.25, 0.3) is 0 Å². The predicted octanol–water partition coefficient (Wildman–Crippen LogP) is 1.49. The molecule has 2 heterocycles. The summed E-state index contributed by atoms with van der Waals surface area (Å²) in [5, 5.41) is 9.40. The van der Waals surface area contributed by atoms with Gasteiger partial charge in [0.15, 0.2) is 0 Å². The first-order chi connectivity index (χ1) is 6.27. The number of hydrogen-bond acceptors (Lipinski definition) is 2. The zero-order chi connectivity index (χ0) is 9.42. The molecular weight excluding hydrogens is 162 g/mol. The molecule has 0 amide bonds. The molecule has 2 heteroatoms. The van der Waals surface area contributed by atoms with E-state index in [1.165, 1.54) is 25.7 Å². The summed E-state index contributed by atoms with van der Waals surface area (Å²) in [6.45, 7) is 2.65. The van der Waals surface area contributed by atoms with Gasteiger partial charge in [-0.15, -0.1) is 0 Å². The Morgan fingerprint density at radius 2 is 2.15 bits per heavy atom. The maximum absolute atomic E-state index is 9.40. The Kier molecular flexibility index (Phi) is 2.61. The molecule has 2 nitrogen and oxygen atoms in total. The highest BCUT2D eigenvalue weighted by Crippen LogP contribution is 2.42. The maximum atomic E-state index is 9.40. The van der Waals surface area contributed by atoms with Crippen LogP contribution in [0.3, 0.4) is 0 Å². The van der Waals surface area contributed by atoms with Crippen LogP contribution >= 0.6 is 0 Å². The van der Waals surface area contributed by atoms with E-state index < -0.39 is 0 Å². The SMILES string of the molecule is CC[C@H]1CC2CCC([C@@H]1CO)N2C. The monoisotopic (exact) mass is 183 g/mol. The molecule has 2 saturated heterocycles. The minimum Gasteiger partial charge on any atom is -0.396 e. The first kappa shape index (κ1) is 9.47. The van der Waals surface area contributed by atoms with E-state index in [1.54, 1.807) is 0 Å². The largest absolute Gasteiger partial charge is 0.396 e. The lowest BCUT2D eigenvalue weighted by Crippen LogP contribution is -2.47. The van der Waals surface area contributed by atoms with E-state index in [2.05, 4.69) is 18.9 Å². The van der Waals surface area contributed by atoms with Crippen LogP contribution in [0.25, 0.3) is 0 Å². The topological polar surface area (TPSA) is 23.5 Å². The molecule has 1 N–H and O–H groups in total. The summed E-state index contributed by atoms with van der Waals surface area (Å²) >= 11 is 0. The van der Waals surface area contributed by atoms with E-state index in [0.717, 1.165) is 12.0 Å². The first-order valence-electron chi connectivity index (χ1n) is 5.60. The Bertz CT molecular complexity index is 183. The standard InChI is InChI=1S/C11H21NO/c1-3-8-6-9-4-5-11(12(9)2)10(8)7-13/h8-11,13H,3-7H2,1-2H3/t8-,9?,10+,11?/m0/s1. The van der Waals surface area contributed by atoms with Crippen molar-refractivity contribution in [3.05, 3.63) is 0 Å². The predicted molar refractivity (Wildman–Crippen MR) is 53.5 cm³/mol. The molecule has 2 aliphatic rings. The van der Waals surface area contributed by atoms with E-state index in [-0.39, 0.29) is 0 Å². The molecule has 2 rings (SSSR count). The van der Waals surface area contributed by atoms with E-state index in [4.69, 9.17) is 0 Å². The number of hydrogen-bond donors (Lipinski definition) is 1. The van der Waals surface area contributed by atoms with Crippen molar-refractivity contribution in [1.82, 2.24) is 4.90 Å². The van der Waals surface area contributed by atoms with Crippen molar-refractivity contribution in [2.24, 2.45) is 11.8 Å². The Labute approximate surface area is 80.9 Å². The Balaban J connectivity index is 2.13. The van der Waals surface area contributed by atoms with Crippen LogP contribution in [0.2, 0.25) is 0 Å². The minimum absolute atomic E-state index is 0.389. The summed E-state index contributed by atoms with van der Waals surface area (Å²) in [4.78, 5) is 2.51. The average Bonchev–Trinajstić information content (AvgIpc) is 2.40. The molecule has 2 bridgehead atoms. The summed E-state index contributed by atoms with van der Waals surface area (Å²) < 4.78 is 0. The minimum atomic E-state index is 0.389.